The quantitative estimate of drug-likeness (QED) is 0.433. The molecule has 0 fully saturated rings. The smallest absolute Gasteiger partial charge is 0 e. The van der Waals surface area contributed by atoms with E-state index in [1.165, 1.54) is 0 Å². The van der Waals surface area contributed by atoms with Gasteiger partial charge in [0, 0.05) is 83.1 Å². The van der Waals surface area contributed by atoms with E-state index < -0.39 is 0 Å². The normalized spacial score (nSPS) is 0. The molecule has 0 bridgehead atoms. The Labute approximate surface area is 81.7 Å². The molecule has 23 valence electrons. The third-order valence-electron chi connectivity index (χ3n) is 0. The zero-order chi connectivity index (χ0) is 0. The van der Waals surface area contributed by atoms with Gasteiger partial charge >= 0.3 is 0 Å². The molecular weight excluding hydrogens is 184 g/mol. The van der Waals surface area contributed by atoms with E-state index in [-0.39, 0.29) is 83.1 Å². The van der Waals surface area contributed by atoms with Crippen LogP contribution in [-0.4, -0.2) is 48.7 Å². The number of rotatable bonds is 0. The Morgan fingerprint density at radius 1 is 1.00 bits per heavy atom. The van der Waals surface area contributed by atoms with Crippen LogP contribution in [0.5, 0.6) is 0 Å². The molecule has 0 aromatic rings. The zero-order valence-electron chi connectivity index (χ0n) is 1.92. The van der Waals surface area contributed by atoms with Crippen molar-refractivity contribution in [1.29, 1.82) is 0 Å². The van der Waals surface area contributed by atoms with Gasteiger partial charge in [0.25, 0.3) is 0 Å². The van der Waals surface area contributed by atoms with Crippen molar-refractivity contribution in [2.45, 2.75) is 0 Å². The monoisotopic (exact) mass is 183 g/mol. The predicted octanol–water partition coefficient (Wildman–Crippen LogP) is -0.767. The van der Waals surface area contributed by atoms with Gasteiger partial charge in [-0.1, -0.05) is 0 Å². The van der Waals surface area contributed by atoms with Crippen molar-refractivity contribution in [3.8, 4) is 0 Å². The van der Waals surface area contributed by atoms with Crippen LogP contribution >= 0.6 is 0 Å². The molecule has 0 spiro atoms. The minimum Gasteiger partial charge on any atom is 0 e. The maximum absolute atomic E-state index is 0. The summed E-state index contributed by atoms with van der Waals surface area (Å²) in [6.45, 7) is 0. The molecule has 4 heteroatoms. The molecule has 0 aromatic carbocycles. The molecule has 0 saturated heterocycles. The second kappa shape index (κ2) is 17.7. The van der Waals surface area contributed by atoms with Crippen molar-refractivity contribution in [2.24, 2.45) is 0 Å². The number of hydrogen-bond donors (Lipinski definition) is 0. The Balaban J connectivity index is 0. The molecular formula is CaCrCuSi. The average Bonchev–Trinajstić information content (AvgIpc) is 0. The summed E-state index contributed by atoms with van der Waals surface area (Å²) in [5.74, 6) is 0. The Hall–Kier alpha value is 2.53. The minimum absolute atomic E-state index is 0. The van der Waals surface area contributed by atoms with Gasteiger partial charge < -0.3 is 0 Å². The van der Waals surface area contributed by atoms with E-state index >= 15 is 0 Å². The van der Waals surface area contributed by atoms with E-state index in [2.05, 4.69) is 0 Å². The number of hydrogen-bond acceptors (Lipinski definition) is 0. The zero-order valence-corrected chi connectivity index (χ0v) is 7.34. The molecule has 0 N–H and O–H groups in total. The van der Waals surface area contributed by atoms with Crippen molar-refractivity contribution < 1.29 is 34.4 Å². The van der Waals surface area contributed by atoms with E-state index in [9.17, 15) is 0 Å². The third kappa shape index (κ3) is 8.82. The van der Waals surface area contributed by atoms with Crippen molar-refractivity contribution in [3.05, 3.63) is 0 Å². The van der Waals surface area contributed by atoms with Crippen molar-refractivity contribution >= 4 is 48.7 Å². The van der Waals surface area contributed by atoms with Gasteiger partial charge in [-0.25, -0.2) is 0 Å². The second-order valence-electron chi connectivity index (χ2n) is 0. The summed E-state index contributed by atoms with van der Waals surface area (Å²) in [6.07, 6.45) is 0. The summed E-state index contributed by atoms with van der Waals surface area (Å²) in [5, 5.41) is 0. The van der Waals surface area contributed by atoms with Gasteiger partial charge in [0.2, 0.25) is 0 Å². The van der Waals surface area contributed by atoms with Gasteiger partial charge in [0.1, 0.15) is 0 Å². The topological polar surface area (TPSA) is 0 Å². The summed E-state index contributed by atoms with van der Waals surface area (Å²) in [7, 11) is 0. The Morgan fingerprint density at radius 2 is 1.00 bits per heavy atom. The summed E-state index contributed by atoms with van der Waals surface area (Å²) < 4.78 is 0. The second-order valence-corrected chi connectivity index (χ2v) is 0. The molecule has 0 nitrogen and oxygen atoms in total. The van der Waals surface area contributed by atoms with E-state index in [1.54, 1.807) is 0 Å². The average molecular weight is 184 g/mol. The van der Waals surface area contributed by atoms with Gasteiger partial charge in [-0.15, -0.1) is 0 Å². The summed E-state index contributed by atoms with van der Waals surface area (Å²) in [6, 6.07) is 0. The van der Waals surface area contributed by atoms with Crippen LogP contribution in [0.15, 0.2) is 0 Å². The van der Waals surface area contributed by atoms with Crippen LogP contribution < -0.4 is 0 Å². The molecule has 4 heavy (non-hydrogen) atoms. The van der Waals surface area contributed by atoms with E-state index in [4.69, 9.17) is 0 Å². The van der Waals surface area contributed by atoms with Gasteiger partial charge in [-0.2, -0.15) is 0 Å². The van der Waals surface area contributed by atoms with Crippen molar-refractivity contribution in [1.82, 2.24) is 0 Å². The van der Waals surface area contributed by atoms with E-state index in [1.807, 2.05) is 0 Å². The standard InChI is InChI=1S/Ca.Cr.Cu.Si. The molecule has 0 aromatic heterocycles. The largest absolute Gasteiger partial charge is 0 e. The summed E-state index contributed by atoms with van der Waals surface area (Å²) in [5.41, 5.74) is 0. The van der Waals surface area contributed by atoms with Crippen LogP contribution in [0.3, 0.4) is 0 Å². The van der Waals surface area contributed by atoms with Crippen LogP contribution in [0.1, 0.15) is 0 Å². The van der Waals surface area contributed by atoms with Gasteiger partial charge in [-0.05, 0) is 0 Å². The first-order valence-electron chi connectivity index (χ1n) is 0. The molecule has 0 aliphatic rings. The molecule has 0 amide bonds. The molecule has 0 atom stereocenters. The van der Waals surface area contributed by atoms with Crippen molar-refractivity contribution in [3.63, 3.8) is 0 Å². The third-order valence-corrected chi connectivity index (χ3v) is 0. The van der Waals surface area contributed by atoms with Gasteiger partial charge in [0.05, 0.1) is 0 Å². The fourth-order valence-corrected chi connectivity index (χ4v) is 0. The summed E-state index contributed by atoms with van der Waals surface area (Å²) in [4.78, 5) is 0. The molecule has 7 radical (unpaired) electrons. The maximum Gasteiger partial charge on any atom is 0 e. The van der Waals surface area contributed by atoms with Crippen LogP contribution in [0, 0.1) is 0 Å². The fraction of sp³-hybridized carbons (Fsp3) is 0. The Bertz CT molecular complexity index is 8.00. The molecule has 0 aliphatic carbocycles. The molecule has 0 unspecified atom stereocenters. The SMILES string of the molecule is [Ca].[Cr].[Cu].[Si]. The first-order valence-corrected chi connectivity index (χ1v) is 0. The molecule has 0 saturated carbocycles. The van der Waals surface area contributed by atoms with Gasteiger partial charge in [-0.3, -0.25) is 0 Å². The van der Waals surface area contributed by atoms with Gasteiger partial charge in [0.15, 0.2) is 0 Å². The van der Waals surface area contributed by atoms with Crippen LogP contribution in [0.25, 0.3) is 0 Å². The van der Waals surface area contributed by atoms with Crippen molar-refractivity contribution in [2.75, 3.05) is 0 Å². The first kappa shape index (κ1) is 31.2. The Kier molecular flexibility index (Phi) is 138. The molecule has 0 rings (SSSR count). The van der Waals surface area contributed by atoms with E-state index in [0.717, 1.165) is 0 Å². The van der Waals surface area contributed by atoms with Crippen LogP contribution in [-0.2, 0) is 34.4 Å². The van der Waals surface area contributed by atoms with Crippen LogP contribution in [0.4, 0.5) is 0 Å². The minimum atomic E-state index is 0. The van der Waals surface area contributed by atoms with Crippen LogP contribution in [0.2, 0.25) is 0 Å². The fourth-order valence-electron chi connectivity index (χ4n) is 0. The first-order chi connectivity index (χ1) is 0. The van der Waals surface area contributed by atoms with E-state index in [0.29, 0.717) is 0 Å². The maximum atomic E-state index is 0. The Morgan fingerprint density at radius 3 is 1.00 bits per heavy atom. The molecule has 0 heterocycles. The molecule has 0 aliphatic heterocycles. The summed E-state index contributed by atoms with van der Waals surface area (Å²) >= 11 is 0. The predicted molar refractivity (Wildman–Crippen MR) is 11.5 cm³/mol.